The number of hydrogen-bond acceptors (Lipinski definition) is 5. The van der Waals surface area contributed by atoms with Crippen LogP contribution in [0.5, 0.6) is 0 Å². The zero-order valence-corrected chi connectivity index (χ0v) is 17.4. The van der Waals surface area contributed by atoms with E-state index in [1.807, 2.05) is 6.07 Å². The van der Waals surface area contributed by atoms with E-state index in [9.17, 15) is 13.2 Å². The minimum Gasteiger partial charge on any atom is -0.383 e. The fourth-order valence-corrected chi connectivity index (χ4v) is 5.56. The molecular formula is C22H26F3N5O. The Morgan fingerprint density at radius 2 is 2.03 bits per heavy atom. The number of rotatable bonds is 5. The van der Waals surface area contributed by atoms with Crippen molar-refractivity contribution in [3.8, 4) is 11.3 Å². The second-order valence-electron chi connectivity index (χ2n) is 9.95. The average molecular weight is 433 g/mol. The number of ether oxygens (including phenoxy) is 1. The molecular weight excluding hydrogens is 407 g/mol. The molecule has 2 aromatic rings. The quantitative estimate of drug-likeness (QED) is 0.783. The van der Waals surface area contributed by atoms with Crippen LogP contribution < -0.4 is 5.73 Å². The third-order valence-corrected chi connectivity index (χ3v) is 7.74. The van der Waals surface area contributed by atoms with Crippen molar-refractivity contribution in [3.63, 3.8) is 0 Å². The molecule has 166 valence electrons. The van der Waals surface area contributed by atoms with Crippen molar-refractivity contribution in [2.24, 2.45) is 17.3 Å². The predicted molar refractivity (Wildman–Crippen MR) is 108 cm³/mol. The van der Waals surface area contributed by atoms with Crippen molar-refractivity contribution in [1.29, 1.82) is 0 Å². The van der Waals surface area contributed by atoms with Crippen LogP contribution in [0.2, 0.25) is 0 Å². The largest absolute Gasteiger partial charge is 0.419 e. The topological polar surface area (TPSA) is 69.2 Å². The predicted octanol–water partition coefficient (Wildman–Crippen LogP) is 3.39. The highest BCUT2D eigenvalue weighted by Gasteiger charge is 2.68. The summed E-state index contributed by atoms with van der Waals surface area (Å²) in [6, 6.07) is 3.60. The van der Waals surface area contributed by atoms with Crippen LogP contribution in [0, 0.1) is 17.3 Å². The van der Waals surface area contributed by atoms with Crippen molar-refractivity contribution >= 4 is 5.82 Å². The lowest BCUT2D eigenvalue weighted by atomic mass is 10.0. The average Bonchev–Trinajstić information content (AvgIpc) is 3.47. The Kier molecular flexibility index (Phi) is 4.06. The van der Waals surface area contributed by atoms with Gasteiger partial charge in [0.05, 0.1) is 30.5 Å². The number of pyridine rings is 1. The van der Waals surface area contributed by atoms with E-state index in [0.717, 1.165) is 44.6 Å². The van der Waals surface area contributed by atoms with Crippen molar-refractivity contribution in [2.75, 3.05) is 32.0 Å². The van der Waals surface area contributed by atoms with Gasteiger partial charge in [-0.2, -0.15) is 18.3 Å². The summed E-state index contributed by atoms with van der Waals surface area (Å²) in [7, 11) is 0. The molecule has 0 radical (unpaired) electrons. The molecule has 1 unspecified atom stereocenters. The second kappa shape index (κ2) is 6.45. The summed E-state index contributed by atoms with van der Waals surface area (Å²) >= 11 is 0. The molecule has 0 spiro atoms. The second-order valence-corrected chi connectivity index (χ2v) is 9.95. The first-order chi connectivity index (χ1) is 14.7. The number of nitrogen functional groups attached to an aromatic ring is 1. The molecule has 4 heterocycles. The highest BCUT2D eigenvalue weighted by atomic mass is 19.4. The van der Waals surface area contributed by atoms with E-state index in [2.05, 4.69) is 21.5 Å². The third-order valence-electron chi connectivity index (χ3n) is 7.74. The molecule has 31 heavy (non-hydrogen) atoms. The first-order valence-corrected chi connectivity index (χ1v) is 11.0. The highest BCUT2D eigenvalue weighted by molar-refractivity contribution is 5.63. The van der Waals surface area contributed by atoms with Crippen molar-refractivity contribution in [2.45, 2.75) is 44.4 Å². The number of hydrogen-bond donors (Lipinski definition) is 1. The number of fused-ring (bicyclic) bond motifs is 1. The molecule has 6 rings (SSSR count). The van der Waals surface area contributed by atoms with Gasteiger partial charge >= 0.3 is 6.18 Å². The Hall–Kier alpha value is -2.13. The number of anilines is 1. The van der Waals surface area contributed by atoms with Crippen LogP contribution in [0.15, 0.2) is 18.3 Å². The van der Waals surface area contributed by atoms with Gasteiger partial charge in [0.2, 0.25) is 0 Å². The van der Waals surface area contributed by atoms with Gasteiger partial charge in [0.1, 0.15) is 5.82 Å². The first kappa shape index (κ1) is 19.5. The Labute approximate surface area is 178 Å². The van der Waals surface area contributed by atoms with E-state index in [4.69, 9.17) is 15.6 Å². The summed E-state index contributed by atoms with van der Waals surface area (Å²) in [5.41, 5.74) is 6.84. The van der Waals surface area contributed by atoms with Crippen LogP contribution in [0.4, 0.5) is 19.0 Å². The summed E-state index contributed by atoms with van der Waals surface area (Å²) in [6.45, 7) is 6.92. The lowest BCUT2D eigenvalue weighted by molar-refractivity contribution is -0.137. The molecule has 0 aromatic carbocycles. The molecule has 2 aromatic heterocycles. The Balaban J connectivity index is 1.32. The van der Waals surface area contributed by atoms with E-state index in [-0.39, 0.29) is 5.41 Å². The van der Waals surface area contributed by atoms with E-state index >= 15 is 0 Å². The van der Waals surface area contributed by atoms with E-state index in [0.29, 0.717) is 35.1 Å². The molecule has 0 bridgehead atoms. The van der Waals surface area contributed by atoms with Crippen LogP contribution in [-0.2, 0) is 17.5 Å². The Morgan fingerprint density at radius 1 is 1.26 bits per heavy atom. The number of nitrogens with two attached hydrogens (primary N) is 1. The fourth-order valence-electron chi connectivity index (χ4n) is 5.56. The van der Waals surface area contributed by atoms with Crippen molar-refractivity contribution in [3.05, 3.63) is 29.6 Å². The summed E-state index contributed by atoms with van der Waals surface area (Å²) in [5, 5.41) is 4.75. The van der Waals surface area contributed by atoms with Crippen LogP contribution in [-0.4, -0.2) is 52.0 Å². The Morgan fingerprint density at radius 3 is 2.61 bits per heavy atom. The van der Waals surface area contributed by atoms with Gasteiger partial charge in [-0.15, -0.1) is 0 Å². The molecule has 2 aliphatic heterocycles. The summed E-state index contributed by atoms with van der Waals surface area (Å²) in [4.78, 5) is 6.34. The van der Waals surface area contributed by atoms with E-state index < -0.39 is 17.6 Å². The number of likely N-dealkylation sites (tertiary alicyclic amines) is 1. The monoisotopic (exact) mass is 433 g/mol. The maximum Gasteiger partial charge on any atom is 0.419 e. The zero-order chi connectivity index (χ0) is 21.5. The molecule has 0 amide bonds. The fraction of sp³-hybridized carbons (Fsp3) is 0.636. The van der Waals surface area contributed by atoms with Gasteiger partial charge in [-0.05, 0) is 42.2 Å². The zero-order valence-electron chi connectivity index (χ0n) is 17.4. The molecule has 3 atom stereocenters. The van der Waals surface area contributed by atoms with Crippen molar-refractivity contribution < 1.29 is 17.9 Å². The Bertz CT molecular complexity index is 1030. The smallest absolute Gasteiger partial charge is 0.383 e. The molecule has 2 aliphatic carbocycles. The van der Waals surface area contributed by atoms with Gasteiger partial charge in [-0.3, -0.25) is 9.58 Å². The van der Waals surface area contributed by atoms with Crippen LogP contribution in [0.1, 0.15) is 36.9 Å². The van der Waals surface area contributed by atoms with Gasteiger partial charge in [0.25, 0.3) is 0 Å². The molecule has 6 nitrogen and oxygen atoms in total. The van der Waals surface area contributed by atoms with Gasteiger partial charge in [-0.1, -0.05) is 6.92 Å². The lowest BCUT2D eigenvalue weighted by Crippen LogP contribution is -2.49. The molecule has 2 saturated heterocycles. The minimum absolute atomic E-state index is 0.199. The summed E-state index contributed by atoms with van der Waals surface area (Å²) in [6.07, 6.45) is -0.762. The SMILES string of the molecule is CC12CN(C3COC3)C[C@H]1[C@@H]2c1cc(-c2cnc(N)c(C(F)(F)F)c2)nn1CC1CC1. The lowest BCUT2D eigenvalue weighted by Gasteiger charge is -2.36. The van der Waals surface area contributed by atoms with Crippen molar-refractivity contribution in [1.82, 2.24) is 19.7 Å². The number of aromatic nitrogens is 3. The minimum atomic E-state index is -4.54. The molecule has 2 N–H and O–H groups in total. The van der Waals surface area contributed by atoms with Gasteiger partial charge in [-0.25, -0.2) is 4.98 Å². The molecule has 4 aliphatic rings. The maximum absolute atomic E-state index is 13.3. The molecule has 9 heteroatoms. The van der Waals surface area contributed by atoms with Gasteiger partial charge < -0.3 is 10.5 Å². The van der Waals surface area contributed by atoms with E-state index in [1.54, 1.807) is 0 Å². The molecule has 2 saturated carbocycles. The maximum atomic E-state index is 13.3. The summed E-state index contributed by atoms with van der Waals surface area (Å²) in [5.74, 6) is 1.08. The number of piperidine rings is 1. The third kappa shape index (κ3) is 3.16. The number of nitrogens with zero attached hydrogens (tertiary/aromatic N) is 4. The highest BCUT2D eigenvalue weighted by Crippen LogP contribution is 2.68. The van der Waals surface area contributed by atoms with Crippen LogP contribution in [0.3, 0.4) is 0 Å². The van der Waals surface area contributed by atoms with Crippen LogP contribution in [0.25, 0.3) is 11.3 Å². The van der Waals surface area contributed by atoms with Crippen LogP contribution >= 0.6 is 0 Å². The standard InChI is InChI=1S/C22H26F3N5O/c1-21-11-29(14-9-31-10-14)8-16(21)19(21)18-5-17(28-30(18)7-12-2-3-12)13-4-15(22(23,24)25)20(26)27-6-13/h4-6,12,14,16,19H,2-3,7-11H2,1H3,(H2,26,27)/t16-,19+,21?/m0/s1. The summed E-state index contributed by atoms with van der Waals surface area (Å²) < 4.78 is 47.4. The molecule has 4 fully saturated rings. The van der Waals surface area contributed by atoms with Gasteiger partial charge in [0.15, 0.2) is 0 Å². The number of alkyl halides is 3. The number of halogens is 3. The van der Waals surface area contributed by atoms with E-state index in [1.165, 1.54) is 19.0 Å². The van der Waals surface area contributed by atoms with Gasteiger partial charge in [0, 0.05) is 43.0 Å². The first-order valence-electron chi connectivity index (χ1n) is 11.0. The normalized spacial score (nSPS) is 31.0.